The van der Waals surface area contributed by atoms with Crippen molar-refractivity contribution >= 4 is 11.6 Å². The first-order chi connectivity index (χ1) is 14.4. The summed E-state index contributed by atoms with van der Waals surface area (Å²) in [7, 11) is 2.10. The van der Waals surface area contributed by atoms with Crippen LogP contribution >= 0.6 is 0 Å². The summed E-state index contributed by atoms with van der Waals surface area (Å²) in [6.07, 6.45) is 0.586. The zero-order valence-electron chi connectivity index (χ0n) is 17.9. The second-order valence-corrected chi connectivity index (χ2v) is 8.46. The summed E-state index contributed by atoms with van der Waals surface area (Å²) < 4.78 is 13.9. The summed E-state index contributed by atoms with van der Waals surface area (Å²) in [6.45, 7) is 8.10. The first-order valence-corrected chi connectivity index (χ1v) is 10.5. The van der Waals surface area contributed by atoms with Crippen LogP contribution in [0.25, 0.3) is 0 Å². The highest BCUT2D eigenvalue weighted by Gasteiger charge is 2.34. The third kappa shape index (κ3) is 4.45. The maximum Gasteiger partial charge on any atom is 0.257 e. The van der Waals surface area contributed by atoms with Gasteiger partial charge in [-0.15, -0.1) is 0 Å². The van der Waals surface area contributed by atoms with Crippen LogP contribution in [0, 0.1) is 19.7 Å². The minimum atomic E-state index is -0.292. The largest absolute Gasteiger partial charge is 0.304 e. The monoisotopic (exact) mass is 408 g/mol. The molecule has 0 spiro atoms. The molecule has 1 unspecified atom stereocenters. The van der Waals surface area contributed by atoms with Crippen molar-refractivity contribution in [1.82, 2.24) is 14.8 Å². The molecule has 0 bridgehead atoms. The van der Waals surface area contributed by atoms with Crippen LogP contribution in [-0.4, -0.2) is 66.2 Å². The Bertz CT molecular complexity index is 965. The van der Waals surface area contributed by atoms with E-state index in [0.29, 0.717) is 13.0 Å². The normalized spacial score (nSPS) is 20.5. The van der Waals surface area contributed by atoms with Crippen LogP contribution in [0.2, 0.25) is 0 Å². The van der Waals surface area contributed by atoms with Crippen molar-refractivity contribution in [3.8, 4) is 0 Å². The highest BCUT2D eigenvalue weighted by Crippen LogP contribution is 2.34. The molecule has 1 amide bonds. The second kappa shape index (κ2) is 8.66. The second-order valence-electron chi connectivity index (χ2n) is 8.46. The fourth-order valence-electron chi connectivity index (χ4n) is 4.19. The summed E-state index contributed by atoms with van der Waals surface area (Å²) >= 11 is 0. The smallest absolute Gasteiger partial charge is 0.257 e. The molecule has 0 N–H and O–H groups in total. The van der Waals surface area contributed by atoms with E-state index in [1.165, 1.54) is 12.1 Å². The van der Waals surface area contributed by atoms with Gasteiger partial charge in [0, 0.05) is 38.2 Å². The number of likely N-dealkylation sites (N-methyl/N-ethyl adjacent to an activating group) is 1. The zero-order valence-corrected chi connectivity index (χ0v) is 17.9. The van der Waals surface area contributed by atoms with E-state index in [1.54, 1.807) is 11.1 Å². The molecule has 2 aliphatic heterocycles. The number of rotatable bonds is 4. The molecule has 0 aliphatic carbocycles. The third-order valence-corrected chi connectivity index (χ3v) is 6.06. The Morgan fingerprint density at radius 1 is 1.10 bits per heavy atom. The Kier molecular flexibility index (Phi) is 5.97. The van der Waals surface area contributed by atoms with Gasteiger partial charge in [-0.2, -0.15) is 5.10 Å². The van der Waals surface area contributed by atoms with Gasteiger partial charge in [0.25, 0.3) is 5.91 Å². The number of nitrogens with zero attached hydrogens (tertiary/aromatic N) is 4. The van der Waals surface area contributed by atoms with Gasteiger partial charge in [-0.1, -0.05) is 29.8 Å². The minimum absolute atomic E-state index is 0.0332. The van der Waals surface area contributed by atoms with Crippen LogP contribution in [0.3, 0.4) is 0 Å². The van der Waals surface area contributed by atoms with Crippen molar-refractivity contribution in [2.75, 3.05) is 39.8 Å². The van der Waals surface area contributed by atoms with E-state index in [2.05, 4.69) is 48.9 Å². The lowest BCUT2D eigenvalue weighted by molar-refractivity contribution is -0.134. The molecule has 2 aromatic carbocycles. The molecule has 5 nitrogen and oxygen atoms in total. The van der Waals surface area contributed by atoms with Crippen molar-refractivity contribution in [2.24, 2.45) is 5.10 Å². The molecule has 2 aromatic rings. The first kappa shape index (κ1) is 20.7. The molecule has 0 aromatic heterocycles. The molecule has 2 aliphatic rings. The maximum atomic E-state index is 13.9. The minimum Gasteiger partial charge on any atom is -0.304 e. The molecule has 158 valence electrons. The third-order valence-electron chi connectivity index (χ3n) is 6.06. The van der Waals surface area contributed by atoms with E-state index in [1.807, 2.05) is 6.07 Å². The van der Waals surface area contributed by atoms with Gasteiger partial charge in [-0.05, 0) is 50.2 Å². The number of hydrogen-bond donors (Lipinski definition) is 0. The van der Waals surface area contributed by atoms with Gasteiger partial charge in [0.15, 0.2) is 0 Å². The summed E-state index contributed by atoms with van der Waals surface area (Å²) in [5.41, 5.74) is 5.02. The number of piperazine rings is 1. The lowest BCUT2D eigenvalue weighted by atomic mass is 9.95. The first-order valence-electron chi connectivity index (χ1n) is 10.5. The molecular formula is C24H29FN4O. The average molecular weight is 409 g/mol. The molecule has 6 heteroatoms. The van der Waals surface area contributed by atoms with Gasteiger partial charge >= 0.3 is 0 Å². The van der Waals surface area contributed by atoms with E-state index in [0.717, 1.165) is 54.1 Å². The van der Waals surface area contributed by atoms with Gasteiger partial charge in [-0.3, -0.25) is 9.69 Å². The Morgan fingerprint density at radius 3 is 2.60 bits per heavy atom. The standard InChI is InChI=1S/C24H29FN4O/c1-17-7-8-18(2)21(13-17)22-15-23(19-5-4-6-20(25)14-19)29(26-22)24(30)16-28-11-9-27(3)10-12-28/h4-8,13-14,23H,9-12,15-16H2,1-3H3. The SMILES string of the molecule is Cc1ccc(C)c(C2=NN(C(=O)CN3CCN(C)CC3)C(c3cccc(F)c3)C2)c1. The van der Waals surface area contributed by atoms with Gasteiger partial charge in [0.2, 0.25) is 0 Å². The fourth-order valence-corrected chi connectivity index (χ4v) is 4.19. The van der Waals surface area contributed by atoms with E-state index in [-0.39, 0.29) is 17.8 Å². The Labute approximate surface area is 177 Å². The predicted molar refractivity (Wildman–Crippen MR) is 117 cm³/mol. The molecule has 0 radical (unpaired) electrons. The van der Waals surface area contributed by atoms with Crippen molar-refractivity contribution < 1.29 is 9.18 Å². The van der Waals surface area contributed by atoms with Crippen molar-refractivity contribution in [2.45, 2.75) is 26.3 Å². The molecule has 1 fully saturated rings. The number of aryl methyl sites for hydroxylation is 2. The summed E-state index contributed by atoms with van der Waals surface area (Å²) in [5.74, 6) is -0.326. The number of halogens is 1. The van der Waals surface area contributed by atoms with Gasteiger partial charge in [0.05, 0.1) is 18.3 Å². The number of hydrogen-bond acceptors (Lipinski definition) is 4. The summed E-state index contributed by atoms with van der Waals surface area (Å²) in [6, 6.07) is 12.5. The molecular weight excluding hydrogens is 379 g/mol. The van der Waals surface area contributed by atoms with E-state index >= 15 is 0 Å². The topological polar surface area (TPSA) is 39.2 Å². The Hall–Kier alpha value is -2.57. The van der Waals surface area contributed by atoms with Gasteiger partial charge in [-0.25, -0.2) is 9.40 Å². The highest BCUT2D eigenvalue weighted by molar-refractivity contribution is 6.04. The Balaban J connectivity index is 1.62. The summed E-state index contributed by atoms with van der Waals surface area (Å²) in [4.78, 5) is 17.7. The van der Waals surface area contributed by atoms with Crippen LogP contribution < -0.4 is 0 Å². The van der Waals surface area contributed by atoms with Crippen LogP contribution in [0.15, 0.2) is 47.6 Å². The van der Waals surface area contributed by atoms with Gasteiger partial charge < -0.3 is 4.90 Å². The fraction of sp³-hybridized carbons (Fsp3) is 0.417. The number of amides is 1. The molecule has 0 saturated carbocycles. The lowest BCUT2D eigenvalue weighted by Gasteiger charge is -2.33. The van der Waals surface area contributed by atoms with Crippen molar-refractivity contribution in [3.63, 3.8) is 0 Å². The number of hydrazone groups is 1. The lowest BCUT2D eigenvalue weighted by Crippen LogP contribution is -2.48. The number of carbonyl (C=O) groups is 1. The molecule has 30 heavy (non-hydrogen) atoms. The summed E-state index contributed by atoms with van der Waals surface area (Å²) in [5, 5.41) is 6.36. The highest BCUT2D eigenvalue weighted by atomic mass is 19.1. The molecule has 1 saturated heterocycles. The molecule has 2 heterocycles. The van der Waals surface area contributed by atoms with Crippen LogP contribution in [-0.2, 0) is 4.79 Å². The van der Waals surface area contributed by atoms with E-state index in [9.17, 15) is 9.18 Å². The van der Waals surface area contributed by atoms with Crippen LogP contribution in [0.5, 0.6) is 0 Å². The maximum absolute atomic E-state index is 13.9. The van der Waals surface area contributed by atoms with Crippen LogP contribution in [0.4, 0.5) is 4.39 Å². The van der Waals surface area contributed by atoms with Crippen molar-refractivity contribution in [3.05, 3.63) is 70.5 Å². The number of carbonyl (C=O) groups excluding carboxylic acids is 1. The quantitative estimate of drug-likeness (QED) is 0.779. The molecule has 1 atom stereocenters. The zero-order chi connectivity index (χ0) is 21.3. The van der Waals surface area contributed by atoms with Crippen LogP contribution in [0.1, 0.15) is 34.7 Å². The van der Waals surface area contributed by atoms with E-state index in [4.69, 9.17) is 5.10 Å². The predicted octanol–water partition coefficient (Wildman–Crippen LogP) is 3.37. The Morgan fingerprint density at radius 2 is 1.87 bits per heavy atom. The van der Waals surface area contributed by atoms with Crippen molar-refractivity contribution in [1.29, 1.82) is 0 Å². The van der Waals surface area contributed by atoms with Gasteiger partial charge in [0.1, 0.15) is 5.82 Å². The molecule has 4 rings (SSSR count). The average Bonchev–Trinajstić information content (AvgIpc) is 3.17. The van der Waals surface area contributed by atoms with E-state index < -0.39 is 0 Å². The number of benzene rings is 2.